The van der Waals surface area contributed by atoms with E-state index in [9.17, 15) is 4.79 Å². The van der Waals surface area contributed by atoms with Crippen molar-refractivity contribution in [2.75, 3.05) is 50.8 Å². The number of carbonyl (C=O) groups excluding carboxylic acids is 1. The van der Waals surface area contributed by atoms with Gasteiger partial charge in [0.05, 0.1) is 6.61 Å². The van der Waals surface area contributed by atoms with Crippen molar-refractivity contribution in [3.63, 3.8) is 0 Å². The maximum Gasteiger partial charge on any atom is 0.274 e. The third kappa shape index (κ3) is 6.02. The number of piperazine rings is 1. The third-order valence-electron chi connectivity index (χ3n) is 6.77. The van der Waals surface area contributed by atoms with Gasteiger partial charge in [0.2, 0.25) is 0 Å². The second kappa shape index (κ2) is 12.0. The Morgan fingerprint density at radius 2 is 1.72 bits per heavy atom. The Balaban J connectivity index is 1.33. The van der Waals surface area contributed by atoms with E-state index in [1.165, 1.54) is 22.3 Å². The van der Waals surface area contributed by atoms with Crippen LogP contribution in [0.3, 0.4) is 0 Å². The largest absolute Gasteiger partial charge is 0.494 e. The highest BCUT2D eigenvalue weighted by atomic mass is 16.5. The fraction of sp³-hybridized carbons (Fsp3) is 0.414. The van der Waals surface area contributed by atoms with Crippen LogP contribution >= 0.6 is 0 Å². The van der Waals surface area contributed by atoms with Crippen LogP contribution in [0.15, 0.2) is 54.6 Å². The summed E-state index contributed by atoms with van der Waals surface area (Å²) in [4.78, 5) is 19.0. The van der Waals surface area contributed by atoms with Crippen LogP contribution in [0.4, 0.5) is 5.82 Å². The fourth-order valence-corrected chi connectivity index (χ4v) is 4.74. The Kier molecular flexibility index (Phi) is 8.54. The van der Waals surface area contributed by atoms with Gasteiger partial charge in [-0.2, -0.15) is 0 Å². The lowest BCUT2D eigenvalue weighted by Gasteiger charge is -2.35. The van der Waals surface area contributed by atoms with Gasteiger partial charge in [0.15, 0.2) is 11.5 Å². The van der Waals surface area contributed by atoms with Gasteiger partial charge in [0.25, 0.3) is 5.91 Å². The quantitative estimate of drug-likeness (QED) is 0.438. The molecule has 2 aromatic carbocycles. The van der Waals surface area contributed by atoms with Crippen molar-refractivity contribution >= 4 is 11.7 Å². The lowest BCUT2D eigenvalue weighted by molar-refractivity contribution is 0.0766. The summed E-state index contributed by atoms with van der Waals surface area (Å²) in [6.45, 7) is 14.8. The van der Waals surface area contributed by atoms with E-state index in [1.807, 2.05) is 39.0 Å². The van der Waals surface area contributed by atoms with Gasteiger partial charge in [-0.25, -0.2) is 0 Å². The normalized spacial score (nSPS) is 14.1. The summed E-state index contributed by atoms with van der Waals surface area (Å²) in [5.41, 5.74) is 5.43. The molecule has 0 atom stereocenters. The zero-order valence-electron chi connectivity index (χ0n) is 21.9. The van der Waals surface area contributed by atoms with E-state index in [0.29, 0.717) is 25.4 Å². The minimum absolute atomic E-state index is 0.0628. The number of carbonyl (C=O) groups is 1. The van der Waals surface area contributed by atoms with Crippen LogP contribution in [0.25, 0.3) is 11.1 Å². The van der Waals surface area contributed by atoms with Gasteiger partial charge in [-0.15, -0.1) is 10.2 Å². The molecule has 7 heteroatoms. The molecular weight excluding hydrogens is 450 g/mol. The summed E-state index contributed by atoms with van der Waals surface area (Å²) in [5, 5.41) is 8.56. The van der Waals surface area contributed by atoms with Gasteiger partial charge in [-0.1, -0.05) is 30.3 Å². The molecule has 36 heavy (non-hydrogen) atoms. The van der Waals surface area contributed by atoms with Gasteiger partial charge in [0.1, 0.15) is 5.75 Å². The number of aromatic nitrogens is 2. The summed E-state index contributed by atoms with van der Waals surface area (Å²) < 4.78 is 5.67. The standard InChI is InChI=1S/C29H37N5O2/c1-5-33(6-2)29(35)27-13-14-28(31-30-27)34-17-15-32(16-18-34)21-23-11-12-26(22(4)19-23)24-9-8-10-25(20-24)36-7-3/h8-14,19-20H,5-7,15-18,21H2,1-4H3. The van der Waals surface area contributed by atoms with Crippen molar-refractivity contribution in [3.05, 3.63) is 71.4 Å². The third-order valence-corrected chi connectivity index (χ3v) is 6.77. The number of amides is 1. The molecule has 0 spiro atoms. The van der Waals surface area contributed by atoms with E-state index in [4.69, 9.17) is 4.74 Å². The van der Waals surface area contributed by atoms with Crippen LogP contribution in [0.5, 0.6) is 5.75 Å². The predicted octanol–water partition coefficient (Wildman–Crippen LogP) is 4.65. The highest BCUT2D eigenvalue weighted by Crippen LogP contribution is 2.28. The molecule has 190 valence electrons. The SMILES string of the molecule is CCOc1cccc(-c2ccc(CN3CCN(c4ccc(C(=O)N(CC)CC)nn4)CC3)cc2C)c1. The van der Waals surface area contributed by atoms with Crippen LogP contribution < -0.4 is 9.64 Å². The molecule has 0 radical (unpaired) electrons. The number of nitrogens with zero attached hydrogens (tertiary/aromatic N) is 5. The molecule has 2 heterocycles. The smallest absolute Gasteiger partial charge is 0.274 e. The topological polar surface area (TPSA) is 61.8 Å². The Morgan fingerprint density at radius 1 is 0.944 bits per heavy atom. The second-order valence-electron chi connectivity index (χ2n) is 9.13. The van der Waals surface area contributed by atoms with E-state index >= 15 is 0 Å². The van der Waals surface area contributed by atoms with Crippen molar-refractivity contribution in [1.82, 2.24) is 20.0 Å². The molecule has 1 fully saturated rings. The number of anilines is 1. The molecule has 1 aliphatic heterocycles. The average molecular weight is 488 g/mol. The lowest BCUT2D eigenvalue weighted by atomic mass is 9.98. The van der Waals surface area contributed by atoms with E-state index in [1.54, 1.807) is 11.0 Å². The number of benzene rings is 2. The van der Waals surface area contributed by atoms with Crippen molar-refractivity contribution in [3.8, 4) is 16.9 Å². The van der Waals surface area contributed by atoms with Crippen molar-refractivity contribution in [2.24, 2.45) is 0 Å². The summed E-state index contributed by atoms with van der Waals surface area (Å²) in [6, 6.07) is 18.8. The van der Waals surface area contributed by atoms with Crippen LogP contribution in [0, 0.1) is 6.92 Å². The number of hydrogen-bond donors (Lipinski definition) is 0. The van der Waals surface area contributed by atoms with Crippen LogP contribution in [0.1, 0.15) is 42.4 Å². The molecule has 3 aromatic rings. The number of ether oxygens (including phenoxy) is 1. The van der Waals surface area contributed by atoms with E-state index in [0.717, 1.165) is 44.3 Å². The zero-order chi connectivity index (χ0) is 25.5. The Bertz CT molecular complexity index is 1150. The van der Waals surface area contributed by atoms with Gasteiger partial charge in [-0.3, -0.25) is 9.69 Å². The predicted molar refractivity (Wildman–Crippen MR) is 145 cm³/mol. The first-order valence-electron chi connectivity index (χ1n) is 12.9. The van der Waals surface area contributed by atoms with Gasteiger partial charge >= 0.3 is 0 Å². The molecular formula is C29H37N5O2. The summed E-state index contributed by atoms with van der Waals surface area (Å²) in [5.74, 6) is 1.68. The molecule has 0 aliphatic carbocycles. The first-order valence-corrected chi connectivity index (χ1v) is 12.9. The highest BCUT2D eigenvalue weighted by molar-refractivity contribution is 5.92. The molecule has 1 aliphatic rings. The van der Waals surface area contributed by atoms with E-state index in [2.05, 4.69) is 57.3 Å². The monoisotopic (exact) mass is 487 g/mol. The Labute approximate surface area is 214 Å². The van der Waals surface area contributed by atoms with Crippen LogP contribution in [-0.4, -0.2) is 71.8 Å². The van der Waals surface area contributed by atoms with Crippen molar-refractivity contribution in [1.29, 1.82) is 0 Å². The lowest BCUT2D eigenvalue weighted by Crippen LogP contribution is -2.46. The van der Waals surface area contributed by atoms with E-state index in [-0.39, 0.29) is 5.91 Å². The van der Waals surface area contributed by atoms with Crippen LogP contribution in [-0.2, 0) is 6.54 Å². The maximum atomic E-state index is 12.5. The summed E-state index contributed by atoms with van der Waals surface area (Å²) in [7, 11) is 0. The van der Waals surface area contributed by atoms with Crippen LogP contribution in [0.2, 0.25) is 0 Å². The zero-order valence-corrected chi connectivity index (χ0v) is 21.9. The second-order valence-corrected chi connectivity index (χ2v) is 9.13. The van der Waals surface area contributed by atoms with Gasteiger partial charge in [0, 0.05) is 45.8 Å². The number of aryl methyl sites for hydroxylation is 1. The van der Waals surface area contributed by atoms with Crippen molar-refractivity contribution < 1.29 is 9.53 Å². The minimum atomic E-state index is -0.0628. The Morgan fingerprint density at radius 3 is 2.36 bits per heavy atom. The highest BCUT2D eigenvalue weighted by Gasteiger charge is 2.20. The summed E-state index contributed by atoms with van der Waals surface area (Å²) in [6.07, 6.45) is 0. The molecule has 7 nitrogen and oxygen atoms in total. The molecule has 4 rings (SSSR count). The maximum absolute atomic E-state index is 12.5. The minimum Gasteiger partial charge on any atom is -0.494 e. The molecule has 0 bridgehead atoms. The van der Waals surface area contributed by atoms with Crippen molar-refractivity contribution in [2.45, 2.75) is 34.2 Å². The molecule has 0 N–H and O–H groups in total. The molecule has 0 unspecified atom stereocenters. The molecule has 1 amide bonds. The first-order chi connectivity index (χ1) is 17.5. The number of rotatable bonds is 9. The Hall–Kier alpha value is -3.45. The molecule has 0 saturated carbocycles. The first kappa shape index (κ1) is 25.6. The molecule has 1 saturated heterocycles. The number of hydrogen-bond acceptors (Lipinski definition) is 6. The fourth-order valence-electron chi connectivity index (χ4n) is 4.74. The molecule has 1 aromatic heterocycles. The average Bonchev–Trinajstić information content (AvgIpc) is 2.90. The van der Waals surface area contributed by atoms with Gasteiger partial charge < -0.3 is 14.5 Å². The summed E-state index contributed by atoms with van der Waals surface area (Å²) >= 11 is 0. The van der Waals surface area contributed by atoms with E-state index < -0.39 is 0 Å². The van der Waals surface area contributed by atoms with Gasteiger partial charge in [-0.05, 0) is 74.2 Å².